The van der Waals surface area contributed by atoms with Gasteiger partial charge in [0.1, 0.15) is 5.75 Å². The van der Waals surface area contributed by atoms with E-state index in [2.05, 4.69) is 21.2 Å². The van der Waals surface area contributed by atoms with Gasteiger partial charge in [-0.1, -0.05) is 17.7 Å². The van der Waals surface area contributed by atoms with Crippen molar-refractivity contribution in [3.8, 4) is 5.75 Å². The molecule has 0 radical (unpaired) electrons. The van der Waals surface area contributed by atoms with E-state index in [4.69, 9.17) is 11.6 Å². The molecule has 2 nitrogen and oxygen atoms in total. The van der Waals surface area contributed by atoms with Gasteiger partial charge in [-0.3, -0.25) is 0 Å². The lowest BCUT2D eigenvalue weighted by Crippen LogP contribution is -2.17. The van der Waals surface area contributed by atoms with E-state index < -0.39 is 0 Å². The van der Waals surface area contributed by atoms with Crippen LogP contribution >= 0.6 is 27.5 Å². The molecule has 0 saturated carbocycles. The van der Waals surface area contributed by atoms with Crippen molar-refractivity contribution in [2.75, 3.05) is 5.32 Å². The number of phenols is 1. The summed E-state index contributed by atoms with van der Waals surface area (Å²) in [5.41, 5.74) is 3.55. The third-order valence-electron chi connectivity index (χ3n) is 3.70. The zero-order valence-corrected chi connectivity index (χ0v) is 13.2. The van der Waals surface area contributed by atoms with Crippen LogP contribution in [0.25, 0.3) is 0 Å². The Morgan fingerprint density at radius 1 is 1.20 bits per heavy atom. The third-order valence-corrected chi connectivity index (χ3v) is 4.92. The van der Waals surface area contributed by atoms with E-state index in [1.807, 2.05) is 30.3 Å². The van der Waals surface area contributed by atoms with Gasteiger partial charge in [0.25, 0.3) is 0 Å². The van der Waals surface area contributed by atoms with Crippen LogP contribution in [0.3, 0.4) is 0 Å². The largest absolute Gasteiger partial charge is 0.508 e. The number of halogens is 2. The Hall–Kier alpha value is -1.19. The molecule has 0 heterocycles. The van der Waals surface area contributed by atoms with Crippen LogP contribution in [-0.2, 0) is 6.42 Å². The van der Waals surface area contributed by atoms with E-state index in [9.17, 15) is 5.11 Å². The van der Waals surface area contributed by atoms with E-state index in [0.717, 1.165) is 29.4 Å². The van der Waals surface area contributed by atoms with Crippen molar-refractivity contribution in [3.05, 3.63) is 57.0 Å². The molecule has 0 spiro atoms. The number of phenolic OH excluding ortho intramolecular Hbond substituents is 1. The van der Waals surface area contributed by atoms with Gasteiger partial charge in [-0.2, -0.15) is 0 Å². The molecule has 3 rings (SSSR count). The van der Waals surface area contributed by atoms with Gasteiger partial charge < -0.3 is 10.4 Å². The van der Waals surface area contributed by atoms with Gasteiger partial charge in [0.15, 0.2) is 0 Å². The fourth-order valence-electron chi connectivity index (χ4n) is 2.72. The summed E-state index contributed by atoms with van der Waals surface area (Å²) in [4.78, 5) is 0. The van der Waals surface area contributed by atoms with Crippen molar-refractivity contribution in [2.24, 2.45) is 0 Å². The van der Waals surface area contributed by atoms with Crippen LogP contribution in [0.15, 0.2) is 40.9 Å². The number of benzene rings is 2. The fraction of sp³-hybridized carbons (Fsp3) is 0.250. The van der Waals surface area contributed by atoms with Crippen LogP contribution in [0.5, 0.6) is 5.75 Å². The summed E-state index contributed by atoms with van der Waals surface area (Å²) in [6.45, 7) is 0. The van der Waals surface area contributed by atoms with E-state index in [0.29, 0.717) is 10.8 Å². The second-order valence-corrected chi connectivity index (χ2v) is 6.36. The Balaban J connectivity index is 1.89. The summed E-state index contributed by atoms with van der Waals surface area (Å²) in [6, 6.07) is 11.7. The molecule has 4 heteroatoms. The number of aryl methyl sites for hydroxylation is 1. The maximum Gasteiger partial charge on any atom is 0.115 e. The average Bonchev–Trinajstić information content (AvgIpc) is 2.44. The van der Waals surface area contributed by atoms with Gasteiger partial charge in [0.05, 0.1) is 11.1 Å². The van der Waals surface area contributed by atoms with Crippen LogP contribution in [0, 0.1) is 0 Å². The zero-order chi connectivity index (χ0) is 14.1. The Kier molecular flexibility index (Phi) is 3.90. The summed E-state index contributed by atoms with van der Waals surface area (Å²) in [5, 5.41) is 13.9. The molecule has 1 atom stereocenters. The number of anilines is 1. The van der Waals surface area contributed by atoms with Crippen molar-refractivity contribution in [2.45, 2.75) is 25.3 Å². The Morgan fingerprint density at radius 3 is 2.85 bits per heavy atom. The lowest BCUT2D eigenvalue weighted by molar-refractivity contribution is 0.471. The van der Waals surface area contributed by atoms with Crippen LogP contribution in [0.1, 0.15) is 30.0 Å². The first-order valence-electron chi connectivity index (χ1n) is 6.67. The number of hydrogen-bond acceptors (Lipinski definition) is 2. The molecule has 20 heavy (non-hydrogen) atoms. The molecule has 1 aliphatic rings. The Labute approximate surface area is 131 Å². The predicted molar refractivity (Wildman–Crippen MR) is 86.6 cm³/mol. The quantitative estimate of drug-likeness (QED) is 0.769. The molecular weight excluding hydrogens is 338 g/mol. The maximum absolute atomic E-state index is 9.70. The summed E-state index contributed by atoms with van der Waals surface area (Å²) >= 11 is 9.46. The lowest BCUT2D eigenvalue weighted by Gasteiger charge is -2.27. The molecule has 1 unspecified atom stereocenters. The summed E-state index contributed by atoms with van der Waals surface area (Å²) in [5.74, 6) is 0.328. The molecule has 0 aliphatic heterocycles. The minimum Gasteiger partial charge on any atom is -0.508 e. The normalized spacial score (nSPS) is 17.6. The minimum absolute atomic E-state index is 0.235. The highest BCUT2D eigenvalue weighted by atomic mass is 79.9. The van der Waals surface area contributed by atoms with Gasteiger partial charge in [0.2, 0.25) is 0 Å². The molecule has 104 valence electrons. The number of hydrogen-bond donors (Lipinski definition) is 2. The van der Waals surface area contributed by atoms with Gasteiger partial charge in [0, 0.05) is 10.2 Å². The monoisotopic (exact) mass is 351 g/mol. The highest BCUT2D eigenvalue weighted by molar-refractivity contribution is 9.10. The zero-order valence-electron chi connectivity index (χ0n) is 10.9. The van der Waals surface area contributed by atoms with Crippen molar-refractivity contribution < 1.29 is 5.11 Å². The first-order valence-corrected chi connectivity index (χ1v) is 7.84. The SMILES string of the molecule is Oc1ccc2c(c1)C(Nc1ccc(Cl)c(Br)c1)CCC2. The molecule has 0 bridgehead atoms. The topological polar surface area (TPSA) is 32.3 Å². The highest BCUT2D eigenvalue weighted by Gasteiger charge is 2.20. The van der Waals surface area contributed by atoms with Gasteiger partial charge in [-0.15, -0.1) is 0 Å². The predicted octanol–water partition coefficient (Wildman–Crippen LogP) is 5.30. The first kappa shape index (κ1) is 13.8. The first-order chi connectivity index (χ1) is 9.63. The smallest absolute Gasteiger partial charge is 0.115 e. The summed E-state index contributed by atoms with van der Waals surface area (Å²) in [7, 11) is 0. The average molecular weight is 353 g/mol. The molecule has 0 saturated heterocycles. The molecule has 0 amide bonds. The molecule has 2 aromatic rings. The van der Waals surface area contributed by atoms with Crippen LogP contribution in [0.4, 0.5) is 5.69 Å². The van der Waals surface area contributed by atoms with Gasteiger partial charge in [-0.05, 0) is 76.7 Å². The third kappa shape index (κ3) is 2.79. The van der Waals surface area contributed by atoms with E-state index in [-0.39, 0.29) is 6.04 Å². The van der Waals surface area contributed by atoms with Crippen LogP contribution in [0.2, 0.25) is 5.02 Å². The van der Waals surface area contributed by atoms with Crippen LogP contribution < -0.4 is 5.32 Å². The Morgan fingerprint density at radius 2 is 2.05 bits per heavy atom. The molecule has 0 aromatic heterocycles. The number of rotatable bonds is 2. The second-order valence-electron chi connectivity index (χ2n) is 5.10. The number of aromatic hydroxyl groups is 1. The van der Waals surface area contributed by atoms with Crippen molar-refractivity contribution in [1.82, 2.24) is 0 Å². The van der Waals surface area contributed by atoms with Crippen LogP contribution in [-0.4, -0.2) is 5.11 Å². The lowest BCUT2D eigenvalue weighted by atomic mass is 9.87. The second kappa shape index (κ2) is 5.66. The standard InChI is InChI=1S/C16H15BrClNO/c17-14-8-11(5-7-15(14)18)19-16-3-1-2-10-4-6-12(20)9-13(10)16/h4-9,16,19-20H,1-3H2. The van der Waals surface area contributed by atoms with Crippen molar-refractivity contribution in [1.29, 1.82) is 0 Å². The fourth-order valence-corrected chi connectivity index (χ4v) is 3.22. The molecule has 1 aliphatic carbocycles. The minimum atomic E-state index is 0.235. The van der Waals surface area contributed by atoms with Gasteiger partial charge >= 0.3 is 0 Å². The summed E-state index contributed by atoms with van der Waals surface area (Å²) < 4.78 is 0.885. The van der Waals surface area contributed by atoms with E-state index in [1.54, 1.807) is 6.07 Å². The maximum atomic E-state index is 9.70. The molecule has 2 aromatic carbocycles. The number of fused-ring (bicyclic) bond motifs is 1. The Bertz CT molecular complexity index is 644. The highest BCUT2D eigenvalue weighted by Crippen LogP contribution is 2.35. The van der Waals surface area contributed by atoms with Crippen molar-refractivity contribution >= 4 is 33.2 Å². The van der Waals surface area contributed by atoms with E-state index >= 15 is 0 Å². The van der Waals surface area contributed by atoms with Gasteiger partial charge in [-0.25, -0.2) is 0 Å². The number of nitrogens with one attached hydrogen (secondary N) is 1. The van der Waals surface area contributed by atoms with Crippen molar-refractivity contribution in [3.63, 3.8) is 0 Å². The van der Waals surface area contributed by atoms with E-state index in [1.165, 1.54) is 11.1 Å². The summed E-state index contributed by atoms with van der Waals surface area (Å²) in [6.07, 6.45) is 3.30. The molecule has 2 N–H and O–H groups in total. The molecule has 0 fully saturated rings. The molecular formula is C16H15BrClNO.